The van der Waals surface area contributed by atoms with Gasteiger partial charge in [-0.05, 0) is 25.3 Å². The zero-order chi connectivity index (χ0) is 16.5. The van der Waals surface area contributed by atoms with E-state index in [0.29, 0.717) is 0 Å². The van der Waals surface area contributed by atoms with Crippen molar-refractivity contribution in [2.75, 3.05) is 6.54 Å². The van der Waals surface area contributed by atoms with Crippen LogP contribution in [0.2, 0.25) is 0 Å². The van der Waals surface area contributed by atoms with Crippen molar-refractivity contribution in [1.82, 2.24) is 0 Å². The molecule has 0 fully saturated rings. The molecular formula is C20H36N2. The Kier molecular flexibility index (Phi) is 15.5. The van der Waals surface area contributed by atoms with E-state index in [4.69, 9.17) is 11.8 Å². The van der Waals surface area contributed by atoms with Gasteiger partial charge in [0, 0.05) is 12.5 Å². The molecule has 0 spiro atoms. The van der Waals surface area contributed by atoms with Crippen molar-refractivity contribution in [3.8, 4) is 0 Å². The Labute approximate surface area is 138 Å². The third-order valence-electron chi connectivity index (χ3n) is 4.36. The summed E-state index contributed by atoms with van der Waals surface area (Å²) in [6.07, 6.45) is 23.7. The molecular weight excluding hydrogens is 268 g/mol. The van der Waals surface area contributed by atoms with Gasteiger partial charge in [0.25, 0.3) is 0 Å². The normalized spacial score (nSPS) is 16.2. The molecule has 22 heavy (non-hydrogen) atoms. The highest BCUT2D eigenvalue weighted by Gasteiger charge is 2.15. The van der Waals surface area contributed by atoms with Gasteiger partial charge in [-0.3, -0.25) is 4.90 Å². The van der Waals surface area contributed by atoms with Gasteiger partial charge >= 0.3 is 0 Å². The SMILES string of the molecule is CCCCCCCCCCC[NH+]1C=CC=C1CCCC.[C-]#N. The van der Waals surface area contributed by atoms with Crippen LogP contribution in [0.15, 0.2) is 24.0 Å². The number of allylic oxidation sites excluding steroid dienone is 3. The molecule has 126 valence electrons. The molecule has 0 aromatic rings. The second-order valence-electron chi connectivity index (χ2n) is 6.26. The summed E-state index contributed by atoms with van der Waals surface area (Å²) in [4.78, 5) is 1.63. The van der Waals surface area contributed by atoms with E-state index < -0.39 is 0 Å². The lowest BCUT2D eigenvalue weighted by atomic mass is 10.1. The molecule has 0 aromatic heterocycles. The van der Waals surface area contributed by atoms with Gasteiger partial charge in [-0.2, -0.15) is 0 Å². The standard InChI is InChI=1S/C19H35N.CN/c1-3-5-7-8-9-10-11-12-13-17-20-18-14-16-19(20)15-6-4-2;1-2/h14,16,18H,3-13,15,17H2,1-2H3;/q;-1/p+1. The molecule has 2 nitrogen and oxygen atoms in total. The van der Waals surface area contributed by atoms with Crippen LogP contribution in [0.25, 0.3) is 0 Å². The Bertz CT molecular complexity index is 315. The third-order valence-corrected chi connectivity index (χ3v) is 4.36. The van der Waals surface area contributed by atoms with Crippen molar-refractivity contribution in [3.63, 3.8) is 0 Å². The number of rotatable bonds is 13. The average Bonchev–Trinajstić information content (AvgIpc) is 3.00. The second kappa shape index (κ2) is 16.3. The Morgan fingerprint density at radius 2 is 1.36 bits per heavy atom. The Hall–Kier alpha value is -1.07. The highest BCUT2D eigenvalue weighted by Crippen LogP contribution is 2.09. The zero-order valence-corrected chi connectivity index (χ0v) is 14.9. The predicted molar refractivity (Wildman–Crippen MR) is 94.8 cm³/mol. The Balaban J connectivity index is 0.00000211. The first-order valence-electron chi connectivity index (χ1n) is 9.34. The summed E-state index contributed by atoms with van der Waals surface area (Å²) in [5, 5.41) is 6.25. The molecule has 0 radical (unpaired) electrons. The molecule has 1 N–H and O–H groups in total. The maximum absolute atomic E-state index is 6.25. The fraction of sp³-hybridized carbons (Fsp3) is 0.750. The van der Waals surface area contributed by atoms with E-state index >= 15 is 0 Å². The van der Waals surface area contributed by atoms with E-state index in [-0.39, 0.29) is 0 Å². The summed E-state index contributed by atoms with van der Waals surface area (Å²) in [7, 11) is 0. The molecule has 1 rings (SSSR count). The first-order chi connectivity index (χ1) is 10.9. The van der Waals surface area contributed by atoms with Crippen molar-refractivity contribution in [2.45, 2.75) is 90.9 Å². The number of hydrogen-bond acceptors (Lipinski definition) is 1. The fourth-order valence-corrected chi connectivity index (χ4v) is 2.98. The van der Waals surface area contributed by atoms with Gasteiger partial charge in [0.15, 0.2) is 0 Å². The lowest BCUT2D eigenvalue weighted by Gasteiger charge is -2.14. The van der Waals surface area contributed by atoms with Gasteiger partial charge in [-0.1, -0.05) is 65.2 Å². The van der Waals surface area contributed by atoms with E-state index in [2.05, 4.69) is 32.2 Å². The van der Waals surface area contributed by atoms with Crippen LogP contribution < -0.4 is 4.90 Å². The lowest BCUT2D eigenvalue weighted by Crippen LogP contribution is -3.04. The van der Waals surface area contributed by atoms with Crippen LogP contribution in [0.1, 0.15) is 90.9 Å². The van der Waals surface area contributed by atoms with Crippen molar-refractivity contribution in [2.24, 2.45) is 0 Å². The number of quaternary nitrogens is 1. The summed E-state index contributed by atoms with van der Waals surface area (Å²) in [5.74, 6) is 0. The van der Waals surface area contributed by atoms with Crippen LogP contribution in [-0.2, 0) is 0 Å². The van der Waals surface area contributed by atoms with E-state index in [1.807, 2.05) is 0 Å². The minimum absolute atomic E-state index is 1.29. The van der Waals surface area contributed by atoms with Gasteiger partial charge in [0.2, 0.25) is 0 Å². The summed E-state index contributed by atoms with van der Waals surface area (Å²) >= 11 is 0. The molecule has 1 aliphatic rings. The molecule has 0 saturated carbocycles. The van der Waals surface area contributed by atoms with Crippen molar-refractivity contribution in [1.29, 1.82) is 5.26 Å². The van der Waals surface area contributed by atoms with E-state index in [9.17, 15) is 0 Å². The molecule has 0 amide bonds. The van der Waals surface area contributed by atoms with Crippen LogP contribution in [0.3, 0.4) is 0 Å². The third kappa shape index (κ3) is 10.6. The Morgan fingerprint density at radius 1 is 0.818 bits per heavy atom. The molecule has 2 heteroatoms. The van der Waals surface area contributed by atoms with E-state index in [1.165, 1.54) is 83.6 Å². The van der Waals surface area contributed by atoms with E-state index in [0.717, 1.165) is 0 Å². The summed E-state index contributed by atoms with van der Waals surface area (Å²) in [5.41, 5.74) is 1.62. The predicted octanol–water partition coefficient (Wildman–Crippen LogP) is 5.10. The molecule has 1 unspecified atom stereocenters. The number of nitrogens with one attached hydrogen (secondary N) is 1. The average molecular weight is 305 g/mol. The number of hydrogen-bond donors (Lipinski definition) is 1. The summed E-state index contributed by atoms with van der Waals surface area (Å²) < 4.78 is 0. The molecule has 0 saturated heterocycles. The quantitative estimate of drug-likeness (QED) is 0.372. The van der Waals surface area contributed by atoms with Crippen molar-refractivity contribution >= 4 is 0 Å². The van der Waals surface area contributed by atoms with Crippen LogP contribution in [-0.4, -0.2) is 6.54 Å². The minimum Gasteiger partial charge on any atom is -0.512 e. The molecule has 1 atom stereocenters. The van der Waals surface area contributed by atoms with Crippen LogP contribution in [0.5, 0.6) is 0 Å². The van der Waals surface area contributed by atoms with Crippen molar-refractivity contribution < 1.29 is 4.90 Å². The van der Waals surface area contributed by atoms with E-state index in [1.54, 1.807) is 10.6 Å². The van der Waals surface area contributed by atoms with Gasteiger partial charge in [0.1, 0.15) is 5.70 Å². The monoisotopic (exact) mass is 304 g/mol. The highest BCUT2D eigenvalue weighted by molar-refractivity contribution is 5.10. The zero-order valence-electron chi connectivity index (χ0n) is 14.9. The molecule has 0 bridgehead atoms. The highest BCUT2D eigenvalue weighted by atomic mass is 15.1. The largest absolute Gasteiger partial charge is 0.512 e. The summed E-state index contributed by atoms with van der Waals surface area (Å²) in [6.45, 7) is 10.6. The molecule has 1 aliphatic heterocycles. The van der Waals surface area contributed by atoms with Gasteiger partial charge < -0.3 is 11.8 Å². The lowest BCUT2D eigenvalue weighted by molar-refractivity contribution is -0.804. The number of nitrogens with zero attached hydrogens (tertiary/aromatic N) is 1. The topological polar surface area (TPSA) is 28.2 Å². The molecule has 1 heterocycles. The first kappa shape index (κ1) is 20.9. The van der Waals surface area contributed by atoms with Crippen molar-refractivity contribution in [3.05, 3.63) is 30.6 Å². The molecule has 0 aliphatic carbocycles. The van der Waals surface area contributed by atoms with Crippen LogP contribution in [0, 0.1) is 11.8 Å². The van der Waals surface area contributed by atoms with Gasteiger partial charge in [-0.25, -0.2) is 0 Å². The van der Waals surface area contributed by atoms with Crippen LogP contribution >= 0.6 is 0 Å². The van der Waals surface area contributed by atoms with Gasteiger partial charge in [0.05, 0.1) is 12.7 Å². The fourth-order valence-electron chi connectivity index (χ4n) is 2.98. The number of unbranched alkanes of at least 4 members (excludes halogenated alkanes) is 9. The van der Waals surface area contributed by atoms with Gasteiger partial charge in [-0.15, -0.1) is 0 Å². The van der Waals surface area contributed by atoms with Crippen LogP contribution in [0.4, 0.5) is 0 Å². The second-order valence-corrected chi connectivity index (χ2v) is 6.26. The smallest absolute Gasteiger partial charge is 0.112 e. The first-order valence-corrected chi connectivity index (χ1v) is 9.34. The summed E-state index contributed by atoms with van der Waals surface area (Å²) in [6, 6.07) is 0. The maximum Gasteiger partial charge on any atom is 0.112 e. The molecule has 0 aromatic carbocycles. The minimum atomic E-state index is 1.29. The Morgan fingerprint density at radius 3 is 1.95 bits per heavy atom. The maximum atomic E-state index is 6.25.